The number of aromatic hydroxyl groups is 1. The number of nitrogens with two attached hydrogens (primary N) is 1. The third-order valence-corrected chi connectivity index (χ3v) is 8.40. The average Bonchev–Trinajstić information content (AvgIpc) is 3.63. The van der Waals surface area contributed by atoms with E-state index in [0.29, 0.717) is 55.6 Å². The number of aromatic nitrogens is 4. The standard InChI is InChI=1S/C30H32ClN7O7/c1-15-14-45-8-7-37(15)22-10-20(19(31)11-33-22)34-23(39)13-36-12-18(24-29(36)35-21-5-4-6-38(21)30(24)42)16-9-17(28(32)41)25(40)27(44-3)26(16)43-2/h9-12,15,40H,4-8,13-14H2,1-3H3,(H2,32,41)(H,33,34,39)/t15-/m0/s1. The van der Waals surface area contributed by atoms with Crippen molar-refractivity contribution in [3.8, 4) is 28.4 Å². The summed E-state index contributed by atoms with van der Waals surface area (Å²) in [6, 6.07) is 3.15. The maximum atomic E-state index is 13.9. The van der Waals surface area contributed by atoms with E-state index in [9.17, 15) is 19.5 Å². The smallest absolute Gasteiger partial charge is 0.263 e. The highest BCUT2D eigenvalue weighted by Crippen LogP contribution is 2.47. The SMILES string of the molecule is COc1c(-c2cn(CC(=O)Nc3cc(N4CCOC[C@@H]4C)ncc3Cl)c3nc4n(c(=O)c23)CCC4)cc(C(N)=O)c(O)c1OC. The average molecular weight is 638 g/mol. The number of fused-ring (bicyclic) bond motifs is 2. The number of pyridine rings is 1. The number of nitrogens with one attached hydrogen (secondary N) is 1. The van der Waals surface area contributed by atoms with Crippen LogP contribution in [0.25, 0.3) is 22.2 Å². The molecule has 4 aromatic rings. The van der Waals surface area contributed by atoms with Gasteiger partial charge in [-0.05, 0) is 19.4 Å². The molecule has 0 saturated carbocycles. The third kappa shape index (κ3) is 5.29. The molecule has 4 N–H and O–H groups in total. The first-order valence-electron chi connectivity index (χ1n) is 14.3. The first-order chi connectivity index (χ1) is 21.6. The van der Waals surface area contributed by atoms with Gasteiger partial charge in [-0.15, -0.1) is 0 Å². The predicted molar refractivity (Wildman–Crippen MR) is 167 cm³/mol. The van der Waals surface area contributed by atoms with Crippen LogP contribution in [0.1, 0.15) is 29.5 Å². The highest BCUT2D eigenvalue weighted by atomic mass is 35.5. The molecule has 15 heteroatoms. The molecule has 0 radical (unpaired) electrons. The second-order valence-corrected chi connectivity index (χ2v) is 11.3. The lowest BCUT2D eigenvalue weighted by Crippen LogP contribution is -2.44. The molecule has 1 fully saturated rings. The van der Waals surface area contributed by atoms with Gasteiger partial charge in [-0.3, -0.25) is 19.0 Å². The van der Waals surface area contributed by atoms with E-state index in [4.69, 9.17) is 36.5 Å². The van der Waals surface area contributed by atoms with Crippen molar-refractivity contribution in [2.75, 3.05) is 44.2 Å². The first kappa shape index (κ1) is 30.2. The Kier molecular flexibility index (Phi) is 8.01. The fourth-order valence-corrected chi connectivity index (χ4v) is 6.11. The maximum Gasteiger partial charge on any atom is 0.263 e. The zero-order valence-corrected chi connectivity index (χ0v) is 25.7. The van der Waals surface area contributed by atoms with E-state index in [1.807, 2.05) is 6.92 Å². The summed E-state index contributed by atoms with van der Waals surface area (Å²) in [6.07, 6.45) is 4.43. The molecule has 1 saturated heterocycles. The Bertz CT molecular complexity index is 1900. The molecule has 2 amide bonds. The van der Waals surface area contributed by atoms with E-state index in [0.717, 1.165) is 6.42 Å². The van der Waals surface area contributed by atoms with Crippen LogP contribution >= 0.6 is 11.6 Å². The predicted octanol–water partition coefficient (Wildman–Crippen LogP) is 2.55. The lowest BCUT2D eigenvalue weighted by Gasteiger charge is -2.34. The molecule has 1 aromatic carbocycles. The minimum Gasteiger partial charge on any atom is -0.504 e. The molecule has 0 bridgehead atoms. The van der Waals surface area contributed by atoms with Crippen molar-refractivity contribution in [2.24, 2.45) is 5.73 Å². The number of carbonyl (C=O) groups is 2. The van der Waals surface area contributed by atoms with Crippen LogP contribution in [0.4, 0.5) is 11.5 Å². The molecule has 236 valence electrons. The summed E-state index contributed by atoms with van der Waals surface area (Å²) in [5, 5.41) is 14.0. The number of hydrogen-bond donors (Lipinski definition) is 3. The molecule has 6 rings (SSSR count). The summed E-state index contributed by atoms with van der Waals surface area (Å²) >= 11 is 6.43. The molecule has 0 unspecified atom stereocenters. The number of phenols is 1. The van der Waals surface area contributed by atoms with Crippen molar-refractivity contribution < 1.29 is 28.9 Å². The molecule has 45 heavy (non-hydrogen) atoms. The number of methoxy groups -OCH3 is 2. The fraction of sp³-hybridized carbons (Fsp3) is 0.367. The quantitative estimate of drug-likeness (QED) is 0.260. The van der Waals surface area contributed by atoms with Gasteiger partial charge in [0.05, 0.1) is 61.3 Å². The van der Waals surface area contributed by atoms with E-state index in [2.05, 4.69) is 15.2 Å². The van der Waals surface area contributed by atoms with Crippen molar-refractivity contribution in [1.82, 2.24) is 19.1 Å². The topological polar surface area (TPSA) is 176 Å². The summed E-state index contributed by atoms with van der Waals surface area (Å²) in [4.78, 5) is 50.9. The zero-order valence-electron chi connectivity index (χ0n) is 24.9. The van der Waals surface area contributed by atoms with Gasteiger partial charge in [0.25, 0.3) is 11.5 Å². The first-order valence-corrected chi connectivity index (χ1v) is 14.7. The number of halogens is 1. The molecule has 5 heterocycles. The number of nitrogens with zero attached hydrogens (tertiary/aromatic N) is 5. The Balaban J connectivity index is 1.44. The Labute approximate surface area is 262 Å². The normalized spacial score (nSPS) is 16.1. The Morgan fingerprint density at radius 2 is 1.98 bits per heavy atom. The number of anilines is 2. The second-order valence-electron chi connectivity index (χ2n) is 10.9. The van der Waals surface area contributed by atoms with Crippen LogP contribution in [0.3, 0.4) is 0 Å². The Hall–Kier alpha value is -4.82. The monoisotopic (exact) mass is 637 g/mol. The Morgan fingerprint density at radius 1 is 1.20 bits per heavy atom. The summed E-state index contributed by atoms with van der Waals surface area (Å²) in [7, 11) is 2.67. The van der Waals surface area contributed by atoms with Crippen LogP contribution in [0.2, 0.25) is 5.02 Å². The minimum absolute atomic E-state index is 0.0711. The summed E-state index contributed by atoms with van der Waals surface area (Å²) < 4.78 is 19.6. The van der Waals surface area contributed by atoms with Crippen LogP contribution < -0.4 is 31.0 Å². The van der Waals surface area contributed by atoms with E-state index >= 15 is 0 Å². The van der Waals surface area contributed by atoms with Gasteiger partial charge in [0.2, 0.25) is 11.7 Å². The molecular formula is C30H32ClN7O7. The van der Waals surface area contributed by atoms with Gasteiger partial charge in [0.1, 0.15) is 23.8 Å². The van der Waals surface area contributed by atoms with E-state index in [-0.39, 0.29) is 56.8 Å². The van der Waals surface area contributed by atoms with Crippen LogP contribution in [0, 0.1) is 0 Å². The van der Waals surface area contributed by atoms with Gasteiger partial charge in [0.15, 0.2) is 11.5 Å². The zero-order chi connectivity index (χ0) is 32.0. The van der Waals surface area contributed by atoms with E-state index in [1.165, 1.54) is 26.5 Å². The third-order valence-electron chi connectivity index (χ3n) is 8.10. The number of rotatable bonds is 8. The van der Waals surface area contributed by atoms with Crippen molar-refractivity contribution in [2.45, 2.75) is 38.9 Å². The molecule has 0 aliphatic carbocycles. The van der Waals surface area contributed by atoms with Crippen molar-refractivity contribution in [3.05, 3.63) is 51.3 Å². The molecule has 0 spiro atoms. The summed E-state index contributed by atoms with van der Waals surface area (Å²) in [6.45, 7) is 4.07. The van der Waals surface area contributed by atoms with Crippen molar-refractivity contribution >= 4 is 46.0 Å². The highest BCUT2D eigenvalue weighted by Gasteiger charge is 2.29. The van der Waals surface area contributed by atoms with Gasteiger partial charge in [0, 0.05) is 42.9 Å². The van der Waals surface area contributed by atoms with Gasteiger partial charge < -0.3 is 39.8 Å². The van der Waals surface area contributed by atoms with E-state index in [1.54, 1.807) is 21.4 Å². The fourth-order valence-electron chi connectivity index (χ4n) is 5.96. The largest absolute Gasteiger partial charge is 0.504 e. The van der Waals surface area contributed by atoms with Gasteiger partial charge >= 0.3 is 0 Å². The molecule has 3 aromatic heterocycles. The molecule has 2 aliphatic heterocycles. The van der Waals surface area contributed by atoms with Gasteiger partial charge in [-0.1, -0.05) is 11.6 Å². The van der Waals surface area contributed by atoms with Crippen molar-refractivity contribution in [3.63, 3.8) is 0 Å². The number of hydrogen-bond acceptors (Lipinski definition) is 10. The molecule has 2 aliphatic rings. The van der Waals surface area contributed by atoms with Crippen LogP contribution in [-0.2, 0) is 29.0 Å². The summed E-state index contributed by atoms with van der Waals surface area (Å²) in [5.74, 6) is -0.631. The number of aryl methyl sites for hydroxylation is 1. The van der Waals surface area contributed by atoms with Gasteiger partial charge in [-0.2, -0.15) is 0 Å². The van der Waals surface area contributed by atoms with Crippen molar-refractivity contribution in [1.29, 1.82) is 0 Å². The number of ether oxygens (including phenoxy) is 3. The Morgan fingerprint density at radius 3 is 2.69 bits per heavy atom. The number of primary amides is 1. The number of carbonyl (C=O) groups excluding carboxylic acids is 2. The summed E-state index contributed by atoms with van der Waals surface area (Å²) in [5.41, 5.74) is 6.25. The number of benzene rings is 1. The maximum absolute atomic E-state index is 13.9. The molecular weight excluding hydrogens is 606 g/mol. The molecule has 14 nitrogen and oxygen atoms in total. The highest BCUT2D eigenvalue weighted by molar-refractivity contribution is 6.33. The van der Waals surface area contributed by atoms with E-state index < -0.39 is 17.6 Å². The lowest BCUT2D eigenvalue weighted by molar-refractivity contribution is -0.116. The number of morpholine rings is 1. The second kappa shape index (κ2) is 11.9. The lowest BCUT2D eigenvalue weighted by atomic mass is 10.00. The number of amides is 2. The van der Waals surface area contributed by atoms with Crippen LogP contribution in [0.15, 0.2) is 29.3 Å². The van der Waals surface area contributed by atoms with Crippen LogP contribution in [0.5, 0.6) is 17.2 Å². The molecule has 1 atom stereocenters. The van der Waals surface area contributed by atoms with Crippen LogP contribution in [-0.4, -0.2) is 76.0 Å². The van der Waals surface area contributed by atoms with Gasteiger partial charge in [-0.25, -0.2) is 9.97 Å². The minimum atomic E-state index is -0.909.